The third-order valence-corrected chi connectivity index (χ3v) is 2.59. The fraction of sp³-hybridized carbons (Fsp3) is 0.533. The predicted molar refractivity (Wildman–Crippen MR) is 69.6 cm³/mol. The first-order valence-electron chi connectivity index (χ1n) is 6.26. The van der Waals surface area contributed by atoms with Gasteiger partial charge in [-0.15, -0.1) is 0 Å². The van der Waals surface area contributed by atoms with E-state index in [2.05, 4.69) is 13.8 Å². The largest absolute Gasteiger partial charge is 0.457 e. The van der Waals surface area contributed by atoms with Crippen LogP contribution in [0.2, 0.25) is 0 Å². The van der Waals surface area contributed by atoms with Crippen molar-refractivity contribution < 1.29 is 9.53 Å². The van der Waals surface area contributed by atoms with Crippen LogP contribution in [0.4, 0.5) is 0 Å². The highest BCUT2D eigenvalue weighted by molar-refractivity contribution is 5.71. The van der Waals surface area contributed by atoms with Crippen molar-refractivity contribution in [3.63, 3.8) is 0 Å². The van der Waals surface area contributed by atoms with Gasteiger partial charge in [-0.05, 0) is 17.9 Å². The van der Waals surface area contributed by atoms with Gasteiger partial charge in [-0.25, -0.2) is 0 Å². The van der Waals surface area contributed by atoms with E-state index in [1.54, 1.807) is 0 Å². The molecule has 17 heavy (non-hydrogen) atoms. The molecule has 1 aromatic carbocycles. The molecule has 1 aromatic rings. The maximum Gasteiger partial charge on any atom is 0.308 e. The smallest absolute Gasteiger partial charge is 0.308 e. The van der Waals surface area contributed by atoms with E-state index in [1.165, 1.54) is 0 Å². The lowest BCUT2D eigenvalue weighted by Gasteiger charge is -2.21. The molecule has 94 valence electrons. The second-order valence-corrected chi connectivity index (χ2v) is 5.12. The van der Waals surface area contributed by atoms with E-state index in [0.29, 0.717) is 5.92 Å². The Morgan fingerprint density at radius 1 is 1.12 bits per heavy atom. The summed E-state index contributed by atoms with van der Waals surface area (Å²) in [7, 11) is 0. The lowest BCUT2D eigenvalue weighted by Crippen LogP contribution is -2.17. The molecule has 0 heterocycles. The number of carbonyl (C=O) groups is 1. The first-order valence-corrected chi connectivity index (χ1v) is 6.26. The number of carbonyl (C=O) groups excluding carboxylic acids is 1. The molecule has 0 fully saturated rings. The van der Waals surface area contributed by atoms with Crippen molar-refractivity contribution >= 4 is 5.97 Å². The van der Waals surface area contributed by atoms with Crippen molar-refractivity contribution in [3.8, 4) is 0 Å². The van der Waals surface area contributed by atoms with Crippen molar-refractivity contribution in [1.29, 1.82) is 0 Å². The second kappa shape index (κ2) is 6.43. The molecule has 0 spiro atoms. The summed E-state index contributed by atoms with van der Waals surface area (Å²) in [5, 5.41) is 0. The summed E-state index contributed by atoms with van der Waals surface area (Å²) in [6, 6.07) is 9.96. The van der Waals surface area contributed by atoms with Crippen LogP contribution in [0, 0.1) is 11.8 Å². The van der Waals surface area contributed by atoms with Gasteiger partial charge < -0.3 is 4.74 Å². The molecule has 1 atom stereocenters. The van der Waals surface area contributed by atoms with Crippen LogP contribution in [-0.2, 0) is 9.53 Å². The molecule has 0 aromatic heterocycles. The summed E-state index contributed by atoms with van der Waals surface area (Å²) < 4.78 is 5.57. The summed E-state index contributed by atoms with van der Waals surface area (Å²) in [5.74, 6) is 0.299. The topological polar surface area (TPSA) is 26.3 Å². The van der Waals surface area contributed by atoms with Gasteiger partial charge in [0.25, 0.3) is 0 Å². The van der Waals surface area contributed by atoms with Crippen molar-refractivity contribution in [2.45, 2.75) is 40.2 Å². The Kier molecular flexibility index (Phi) is 5.20. The van der Waals surface area contributed by atoms with Gasteiger partial charge in [0.15, 0.2) is 0 Å². The van der Waals surface area contributed by atoms with E-state index >= 15 is 0 Å². The van der Waals surface area contributed by atoms with E-state index in [4.69, 9.17) is 4.74 Å². The van der Waals surface area contributed by atoms with E-state index < -0.39 is 0 Å². The van der Waals surface area contributed by atoms with Crippen LogP contribution in [0.3, 0.4) is 0 Å². The molecule has 2 nitrogen and oxygen atoms in total. The van der Waals surface area contributed by atoms with Crippen LogP contribution in [-0.4, -0.2) is 5.97 Å². The van der Waals surface area contributed by atoms with Crippen LogP contribution >= 0.6 is 0 Å². The van der Waals surface area contributed by atoms with Gasteiger partial charge in [0, 0.05) is 0 Å². The van der Waals surface area contributed by atoms with Gasteiger partial charge in [-0.1, -0.05) is 58.0 Å². The average Bonchev–Trinajstić information content (AvgIpc) is 2.28. The molecule has 0 saturated heterocycles. The average molecular weight is 234 g/mol. The van der Waals surface area contributed by atoms with Gasteiger partial charge >= 0.3 is 5.97 Å². The fourth-order valence-corrected chi connectivity index (χ4v) is 1.62. The molecule has 0 amide bonds. The Balaban J connectivity index is 2.78. The zero-order valence-electron chi connectivity index (χ0n) is 11.1. The molecule has 0 unspecified atom stereocenters. The lowest BCUT2D eigenvalue weighted by molar-refractivity contribution is -0.154. The van der Waals surface area contributed by atoms with E-state index in [0.717, 1.165) is 12.0 Å². The normalized spacial score (nSPS) is 12.8. The number of rotatable bonds is 5. The van der Waals surface area contributed by atoms with Gasteiger partial charge in [-0.2, -0.15) is 0 Å². The Bertz CT molecular complexity index is 341. The Morgan fingerprint density at radius 3 is 2.18 bits per heavy atom. The molecule has 2 heteroatoms. The second-order valence-electron chi connectivity index (χ2n) is 5.12. The predicted octanol–water partition coefficient (Wildman–Crippen LogP) is 3.97. The van der Waals surface area contributed by atoms with Crippen molar-refractivity contribution in [2.75, 3.05) is 0 Å². The zero-order chi connectivity index (χ0) is 12.8. The van der Waals surface area contributed by atoms with Gasteiger partial charge in [0.2, 0.25) is 0 Å². The molecule has 1 rings (SSSR count). The minimum atomic E-state index is -0.125. The van der Waals surface area contributed by atoms with Crippen LogP contribution in [0.1, 0.15) is 45.8 Å². The summed E-state index contributed by atoms with van der Waals surface area (Å²) in [5.41, 5.74) is 1.08. The maximum absolute atomic E-state index is 11.7. The third kappa shape index (κ3) is 4.59. The summed E-state index contributed by atoms with van der Waals surface area (Å²) >= 11 is 0. The molecule has 0 N–H and O–H groups in total. The summed E-state index contributed by atoms with van der Waals surface area (Å²) in [4.78, 5) is 11.7. The molecule has 0 radical (unpaired) electrons. The Morgan fingerprint density at radius 2 is 1.71 bits per heavy atom. The molecule has 0 aliphatic carbocycles. The van der Waals surface area contributed by atoms with Crippen LogP contribution in [0.5, 0.6) is 0 Å². The van der Waals surface area contributed by atoms with Crippen molar-refractivity contribution in [3.05, 3.63) is 35.9 Å². The molecule has 0 bridgehead atoms. The highest BCUT2D eigenvalue weighted by Gasteiger charge is 2.19. The first-order chi connectivity index (χ1) is 8.00. The Labute approximate surface area is 104 Å². The monoisotopic (exact) mass is 234 g/mol. The fourth-order valence-electron chi connectivity index (χ4n) is 1.62. The van der Waals surface area contributed by atoms with Crippen LogP contribution in [0.15, 0.2) is 30.3 Å². The van der Waals surface area contributed by atoms with Gasteiger partial charge in [0.1, 0.15) is 6.10 Å². The summed E-state index contributed by atoms with van der Waals surface area (Å²) in [6.45, 7) is 8.00. The highest BCUT2D eigenvalue weighted by atomic mass is 16.5. The Hall–Kier alpha value is -1.31. The van der Waals surface area contributed by atoms with Crippen LogP contribution in [0.25, 0.3) is 0 Å². The maximum atomic E-state index is 11.7. The minimum Gasteiger partial charge on any atom is -0.457 e. The molecule has 0 aliphatic rings. The number of benzene rings is 1. The quantitative estimate of drug-likeness (QED) is 0.720. The first kappa shape index (κ1) is 13.8. The number of hydrogen-bond donors (Lipinski definition) is 0. The molecule has 0 saturated carbocycles. The molecule has 0 aliphatic heterocycles. The standard InChI is InChI=1S/C15H22O2/c1-11(2)10-14(17-15(16)12(3)4)13-8-6-5-7-9-13/h5-9,11-12,14H,10H2,1-4H3/t14-/m1/s1. The minimum absolute atomic E-state index is 0.0756. The van der Waals surface area contributed by atoms with E-state index in [9.17, 15) is 4.79 Å². The molecular weight excluding hydrogens is 212 g/mol. The zero-order valence-corrected chi connectivity index (χ0v) is 11.1. The highest BCUT2D eigenvalue weighted by Crippen LogP contribution is 2.26. The van der Waals surface area contributed by atoms with Crippen molar-refractivity contribution in [1.82, 2.24) is 0 Å². The number of ether oxygens (including phenoxy) is 1. The van der Waals surface area contributed by atoms with Gasteiger partial charge in [0.05, 0.1) is 5.92 Å². The SMILES string of the molecule is CC(C)C[C@@H](OC(=O)C(C)C)c1ccccc1. The van der Waals surface area contributed by atoms with Crippen molar-refractivity contribution in [2.24, 2.45) is 11.8 Å². The number of hydrogen-bond acceptors (Lipinski definition) is 2. The summed E-state index contributed by atoms with van der Waals surface area (Å²) in [6.07, 6.45) is 0.744. The van der Waals surface area contributed by atoms with E-state index in [-0.39, 0.29) is 18.0 Å². The lowest BCUT2D eigenvalue weighted by atomic mass is 9.99. The van der Waals surface area contributed by atoms with Crippen LogP contribution < -0.4 is 0 Å². The van der Waals surface area contributed by atoms with E-state index in [1.807, 2.05) is 44.2 Å². The number of esters is 1. The van der Waals surface area contributed by atoms with Gasteiger partial charge in [-0.3, -0.25) is 4.79 Å². The molecular formula is C15H22O2. The third-order valence-electron chi connectivity index (χ3n) is 2.59.